The number of anilines is 1. The van der Waals surface area contributed by atoms with E-state index in [1.807, 2.05) is 19.2 Å². The molecule has 0 aliphatic rings. The number of benzene rings is 1. The van der Waals surface area contributed by atoms with Gasteiger partial charge >= 0.3 is 0 Å². The Labute approximate surface area is 130 Å². The number of carbonyl (C=O) groups is 1. The number of hydrogen-bond donors (Lipinski definition) is 1. The summed E-state index contributed by atoms with van der Waals surface area (Å²) in [7, 11) is 0. The Bertz CT molecular complexity index is 664. The third-order valence-corrected chi connectivity index (χ3v) is 3.64. The molecule has 7 heteroatoms. The van der Waals surface area contributed by atoms with Crippen molar-refractivity contribution in [1.29, 1.82) is 0 Å². The molecule has 0 fully saturated rings. The molecule has 1 amide bonds. The molecule has 0 bridgehead atoms. The van der Waals surface area contributed by atoms with E-state index in [0.717, 1.165) is 5.56 Å². The van der Waals surface area contributed by atoms with E-state index in [1.54, 1.807) is 12.1 Å². The second-order valence-corrected chi connectivity index (χ2v) is 5.58. The summed E-state index contributed by atoms with van der Waals surface area (Å²) in [6, 6.07) is 5.27. The Kier molecular flexibility index (Phi) is 4.86. The minimum atomic E-state index is -0.391. The van der Waals surface area contributed by atoms with Gasteiger partial charge in [0.05, 0.1) is 11.2 Å². The largest absolute Gasteiger partial charge is 0.320 e. The normalized spacial score (nSPS) is 10.4. The van der Waals surface area contributed by atoms with Gasteiger partial charge in [0.15, 0.2) is 10.9 Å². The second kappa shape index (κ2) is 6.43. The highest BCUT2D eigenvalue weighted by Gasteiger charge is 2.15. The number of carbonyl (C=O) groups excluding carboxylic acids is 1. The number of thioether (sulfide) groups is 1. The maximum atomic E-state index is 12.2. The number of hydrogen-bond acceptors (Lipinski definition) is 4. The smallest absolute Gasteiger partial charge is 0.275 e. The molecular formula is C13H11Cl2N3OS. The van der Waals surface area contributed by atoms with Crippen LogP contribution in [0.25, 0.3) is 0 Å². The van der Waals surface area contributed by atoms with E-state index in [4.69, 9.17) is 23.2 Å². The van der Waals surface area contributed by atoms with Crippen molar-refractivity contribution in [3.05, 3.63) is 45.7 Å². The van der Waals surface area contributed by atoms with Gasteiger partial charge in [0, 0.05) is 10.7 Å². The van der Waals surface area contributed by atoms with Crippen LogP contribution in [0.1, 0.15) is 16.1 Å². The van der Waals surface area contributed by atoms with Crippen LogP contribution in [0, 0.1) is 6.92 Å². The van der Waals surface area contributed by atoms with Gasteiger partial charge in [0.2, 0.25) is 0 Å². The van der Waals surface area contributed by atoms with E-state index in [1.165, 1.54) is 18.0 Å². The van der Waals surface area contributed by atoms with E-state index in [0.29, 0.717) is 15.9 Å². The highest BCUT2D eigenvalue weighted by Crippen LogP contribution is 2.22. The zero-order chi connectivity index (χ0) is 14.7. The van der Waals surface area contributed by atoms with Crippen LogP contribution in [0.2, 0.25) is 10.0 Å². The zero-order valence-corrected chi connectivity index (χ0v) is 13.1. The summed E-state index contributed by atoms with van der Waals surface area (Å²) in [5.74, 6) is -0.391. The lowest BCUT2D eigenvalue weighted by Crippen LogP contribution is -2.15. The minimum Gasteiger partial charge on any atom is -0.320 e. The van der Waals surface area contributed by atoms with Crippen LogP contribution in [0.5, 0.6) is 0 Å². The average molecular weight is 328 g/mol. The molecule has 0 unspecified atom stereocenters. The molecule has 0 saturated carbocycles. The SMILES string of the molecule is CSc1ncc(Cl)c(C(=O)Nc2cc(Cl)ccc2C)n1. The molecule has 2 aromatic rings. The second-order valence-electron chi connectivity index (χ2n) is 3.97. The van der Waals surface area contributed by atoms with Gasteiger partial charge in [-0.3, -0.25) is 4.79 Å². The van der Waals surface area contributed by atoms with Crippen LogP contribution in [-0.4, -0.2) is 22.1 Å². The third-order valence-electron chi connectivity index (χ3n) is 2.57. The first kappa shape index (κ1) is 15.1. The first-order chi connectivity index (χ1) is 9.51. The number of nitrogens with zero attached hydrogens (tertiary/aromatic N) is 2. The number of rotatable bonds is 3. The van der Waals surface area contributed by atoms with Gasteiger partial charge in [0.25, 0.3) is 5.91 Å². The lowest BCUT2D eigenvalue weighted by molar-refractivity contribution is 0.102. The molecule has 0 aliphatic heterocycles. The van der Waals surface area contributed by atoms with Crippen LogP contribution >= 0.6 is 35.0 Å². The first-order valence-electron chi connectivity index (χ1n) is 5.65. The van der Waals surface area contributed by atoms with Gasteiger partial charge in [-0.05, 0) is 30.9 Å². The predicted molar refractivity (Wildman–Crippen MR) is 83.0 cm³/mol. The summed E-state index contributed by atoms with van der Waals surface area (Å²) >= 11 is 13.2. The van der Waals surface area contributed by atoms with E-state index in [2.05, 4.69) is 15.3 Å². The molecule has 104 valence electrons. The Hall–Kier alpha value is -1.30. The number of halogens is 2. The van der Waals surface area contributed by atoms with Gasteiger partial charge in [0.1, 0.15) is 0 Å². The summed E-state index contributed by atoms with van der Waals surface area (Å²) in [5, 5.41) is 3.99. The van der Waals surface area contributed by atoms with Crippen molar-refractivity contribution in [2.24, 2.45) is 0 Å². The summed E-state index contributed by atoms with van der Waals surface area (Å²) in [4.78, 5) is 20.3. The van der Waals surface area contributed by atoms with Crippen molar-refractivity contribution >= 4 is 46.6 Å². The minimum absolute atomic E-state index is 0.144. The standard InChI is InChI=1S/C13H11Cl2N3OS/c1-7-3-4-8(14)5-10(7)17-12(19)11-9(15)6-16-13(18-11)20-2/h3-6H,1-2H3,(H,17,19). The van der Waals surface area contributed by atoms with E-state index in [-0.39, 0.29) is 10.7 Å². The molecule has 0 aliphatic carbocycles. The van der Waals surface area contributed by atoms with Crippen LogP contribution < -0.4 is 5.32 Å². The fourth-order valence-electron chi connectivity index (χ4n) is 1.52. The van der Waals surface area contributed by atoms with E-state index in [9.17, 15) is 4.79 Å². The summed E-state index contributed by atoms with van der Waals surface area (Å²) in [5.41, 5.74) is 1.67. The van der Waals surface area contributed by atoms with E-state index >= 15 is 0 Å². The lowest BCUT2D eigenvalue weighted by atomic mass is 10.2. The summed E-state index contributed by atoms with van der Waals surface area (Å²) in [6.45, 7) is 1.88. The van der Waals surface area contributed by atoms with Crippen molar-refractivity contribution in [3.8, 4) is 0 Å². The molecule has 1 aromatic heterocycles. The van der Waals surface area contributed by atoms with Crippen molar-refractivity contribution < 1.29 is 4.79 Å². The third kappa shape index (κ3) is 3.42. The van der Waals surface area contributed by atoms with E-state index < -0.39 is 5.91 Å². The van der Waals surface area contributed by atoms with Gasteiger partial charge in [-0.2, -0.15) is 0 Å². The highest BCUT2D eigenvalue weighted by atomic mass is 35.5. The van der Waals surface area contributed by atoms with Gasteiger partial charge < -0.3 is 5.32 Å². The van der Waals surface area contributed by atoms with Crippen molar-refractivity contribution in [3.63, 3.8) is 0 Å². The molecule has 20 heavy (non-hydrogen) atoms. The number of amides is 1. The van der Waals surface area contributed by atoms with Crippen molar-refractivity contribution in [2.45, 2.75) is 12.1 Å². The van der Waals surface area contributed by atoms with Crippen LogP contribution in [0.15, 0.2) is 29.6 Å². The monoisotopic (exact) mass is 327 g/mol. The molecule has 0 saturated heterocycles. The lowest BCUT2D eigenvalue weighted by Gasteiger charge is -2.09. The van der Waals surface area contributed by atoms with Gasteiger partial charge in [-0.25, -0.2) is 9.97 Å². The summed E-state index contributed by atoms with van der Waals surface area (Å²) in [6.07, 6.45) is 3.24. The zero-order valence-electron chi connectivity index (χ0n) is 10.8. The topological polar surface area (TPSA) is 54.9 Å². The highest BCUT2D eigenvalue weighted by molar-refractivity contribution is 7.98. The van der Waals surface area contributed by atoms with Crippen LogP contribution in [-0.2, 0) is 0 Å². The van der Waals surface area contributed by atoms with Crippen molar-refractivity contribution in [1.82, 2.24) is 9.97 Å². The van der Waals surface area contributed by atoms with Crippen molar-refractivity contribution in [2.75, 3.05) is 11.6 Å². The molecule has 2 rings (SSSR count). The summed E-state index contributed by atoms with van der Waals surface area (Å²) < 4.78 is 0. The number of aromatic nitrogens is 2. The Morgan fingerprint density at radius 3 is 2.80 bits per heavy atom. The Morgan fingerprint density at radius 1 is 1.35 bits per heavy atom. The number of aryl methyl sites for hydroxylation is 1. The molecule has 4 nitrogen and oxygen atoms in total. The fourth-order valence-corrected chi connectivity index (χ4v) is 2.21. The van der Waals surface area contributed by atoms with Gasteiger partial charge in [-0.15, -0.1) is 0 Å². The molecule has 1 heterocycles. The first-order valence-corrected chi connectivity index (χ1v) is 7.63. The Balaban J connectivity index is 2.30. The molecule has 1 aromatic carbocycles. The fraction of sp³-hybridized carbons (Fsp3) is 0.154. The van der Waals surface area contributed by atoms with Crippen LogP contribution in [0.4, 0.5) is 5.69 Å². The van der Waals surface area contributed by atoms with Gasteiger partial charge in [-0.1, -0.05) is 41.0 Å². The Morgan fingerprint density at radius 2 is 2.10 bits per heavy atom. The molecule has 1 N–H and O–H groups in total. The maximum Gasteiger partial charge on any atom is 0.275 e. The predicted octanol–water partition coefficient (Wildman–Crippen LogP) is 4.07. The quantitative estimate of drug-likeness (QED) is 0.682. The number of nitrogens with one attached hydrogen (secondary N) is 1. The molecule has 0 spiro atoms. The average Bonchev–Trinajstić information content (AvgIpc) is 2.43. The van der Waals surface area contributed by atoms with Crippen LogP contribution in [0.3, 0.4) is 0 Å². The maximum absolute atomic E-state index is 12.2. The molecule has 0 radical (unpaired) electrons. The molecular weight excluding hydrogens is 317 g/mol. The molecule has 0 atom stereocenters.